The maximum absolute atomic E-state index is 11.8. The highest BCUT2D eigenvalue weighted by Gasteiger charge is 2.32. The van der Waals surface area contributed by atoms with Crippen molar-refractivity contribution in [1.29, 1.82) is 0 Å². The Labute approximate surface area is 115 Å². The zero-order chi connectivity index (χ0) is 13.7. The molecule has 1 aromatic carbocycles. The molecule has 0 radical (unpaired) electrons. The summed E-state index contributed by atoms with van der Waals surface area (Å²) in [6.45, 7) is 3.23. The van der Waals surface area contributed by atoms with Gasteiger partial charge in [-0.05, 0) is 30.7 Å². The molecular formula is C15H22O3S. The summed E-state index contributed by atoms with van der Waals surface area (Å²) >= 11 is 0. The molecule has 2 rings (SSSR count). The zero-order valence-corrected chi connectivity index (χ0v) is 12.2. The minimum atomic E-state index is -2.84. The van der Waals surface area contributed by atoms with Crippen molar-refractivity contribution in [2.24, 2.45) is 5.92 Å². The molecule has 0 spiro atoms. The SMILES string of the molecule is CC[C@H]1C[C@@H](COCc2ccccc2)CCS1(=O)=O. The van der Waals surface area contributed by atoms with E-state index in [0.717, 1.165) is 24.8 Å². The molecule has 0 bridgehead atoms. The topological polar surface area (TPSA) is 43.4 Å². The Balaban J connectivity index is 1.78. The van der Waals surface area contributed by atoms with Gasteiger partial charge in [-0.25, -0.2) is 8.42 Å². The molecule has 1 aliphatic rings. The third-order valence-electron chi connectivity index (χ3n) is 3.84. The summed E-state index contributed by atoms with van der Waals surface area (Å²) in [5.74, 6) is 0.711. The van der Waals surface area contributed by atoms with Gasteiger partial charge in [-0.1, -0.05) is 37.3 Å². The van der Waals surface area contributed by atoms with Gasteiger partial charge in [-0.2, -0.15) is 0 Å². The molecule has 3 nitrogen and oxygen atoms in total. The normalized spacial score (nSPS) is 26.2. The van der Waals surface area contributed by atoms with E-state index in [4.69, 9.17) is 4.74 Å². The summed E-state index contributed by atoms with van der Waals surface area (Å²) in [6.07, 6.45) is 2.22. The first kappa shape index (κ1) is 14.5. The van der Waals surface area contributed by atoms with Crippen molar-refractivity contribution in [2.75, 3.05) is 12.4 Å². The number of benzene rings is 1. The van der Waals surface area contributed by atoms with Crippen LogP contribution in [-0.2, 0) is 21.2 Å². The highest BCUT2D eigenvalue weighted by Crippen LogP contribution is 2.27. The van der Waals surface area contributed by atoms with E-state index < -0.39 is 9.84 Å². The van der Waals surface area contributed by atoms with Crippen molar-refractivity contribution in [1.82, 2.24) is 0 Å². The van der Waals surface area contributed by atoms with Gasteiger partial charge in [0.15, 0.2) is 9.84 Å². The molecular weight excluding hydrogens is 260 g/mol. The minimum absolute atomic E-state index is 0.161. The molecule has 0 aliphatic carbocycles. The van der Waals surface area contributed by atoms with E-state index in [9.17, 15) is 8.42 Å². The number of sulfone groups is 1. The van der Waals surface area contributed by atoms with E-state index in [-0.39, 0.29) is 5.25 Å². The predicted molar refractivity (Wildman–Crippen MR) is 76.7 cm³/mol. The monoisotopic (exact) mass is 282 g/mol. The van der Waals surface area contributed by atoms with Gasteiger partial charge in [0.05, 0.1) is 17.6 Å². The zero-order valence-electron chi connectivity index (χ0n) is 11.4. The van der Waals surface area contributed by atoms with E-state index >= 15 is 0 Å². The second kappa shape index (κ2) is 6.53. The third-order valence-corrected chi connectivity index (χ3v) is 6.18. The van der Waals surface area contributed by atoms with Crippen LogP contribution in [0, 0.1) is 5.92 Å². The number of hydrogen-bond acceptors (Lipinski definition) is 3. The van der Waals surface area contributed by atoms with Gasteiger partial charge in [0.2, 0.25) is 0 Å². The fourth-order valence-electron chi connectivity index (χ4n) is 2.62. The molecule has 4 heteroatoms. The van der Waals surface area contributed by atoms with Gasteiger partial charge in [0, 0.05) is 6.61 Å². The van der Waals surface area contributed by atoms with Gasteiger partial charge < -0.3 is 4.74 Å². The lowest BCUT2D eigenvalue weighted by atomic mass is 9.99. The first-order valence-electron chi connectivity index (χ1n) is 6.95. The van der Waals surface area contributed by atoms with Crippen LogP contribution in [0.5, 0.6) is 0 Å². The van der Waals surface area contributed by atoms with Gasteiger partial charge in [-0.3, -0.25) is 0 Å². The van der Waals surface area contributed by atoms with Crippen LogP contribution < -0.4 is 0 Å². The summed E-state index contributed by atoms with van der Waals surface area (Å²) in [6, 6.07) is 10.1. The fraction of sp³-hybridized carbons (Fsp3) is 0.600. The van der Waals surface area contributed by atoms with Crippen LogP contribution in [0.1, 0.15) is 31.7 Å². The maximum atomic E-state index is 11.8. The number of ether oxygens (including phenoxy) is 1. The molecule has 1 heterocycles. The average Bonchev–Trinajstić information content (AvgIpc) is 2.41. The Morgan fingerprint density at radius 1 is 1.26 bits per heavy atom. The first-order valence-corrected chi connectivity index (χ1v) is 8.66. The summed E-state index contributed by atoms with van der Waals surface area (Å²) in [5, 5.41) is -0.161. The van der Waals surface area contributed by atoms with Crippen LogP contribution in [0.25, 0.3) is 0 Å². The standard InChI is InChI=1S/C15H22O3S/c1-2-15-10-14(8-9-19(15,16)17)12-18-11-13-6-4-3-5-7-13/h3-7,14-15H,2,8-12H2,1H3/t14-,15-/m0/s1. The quantitative estimate of drug-likeness (QED) is 0.834. The molecule has 19 heavy (non-hydrogen) atoms. The van der Waals surface area contributed by atoms with Crippen molar-refractivity contribution in [3.8, 4) is 0 Å². The van der Waals surface area contributed by atoms with E-state index in [0.29, 0.717) is 24.9 Å². The smallest absolute Gasteiger partial charge is 0.153 e. The lowest BCUT2D eigenvalue weighted by molar-refractivity contribution is 0.0809. The Morgan fingerprint density at radius 2 is 2.00 bits per heavy atom. The average molecular weight is 282 g/mol. The molecule has 0 unspecified atom stereocenters. The largest absolute Gasteiger partial charge is 0.376 e. The van der Waals surface area contributed by atoms with Gasteiger partial charge in [0.1, 0.15) is 0 Å². The van der Waals surface area contributed by atoms with Crippen LogP contribution in [0.15, 0.2) is 30.3 Å². The highest BCUT2D eigenvalue weighted by atomic mass is 32.2. The van der Waals surface area contributed by atoms with Crippen LogP contribution in [0.2, 0.25) is 0 Å². The van der Waals surface area contributed by atoms with E-state index in [1.807, 2.05) is 37.3 Å². The molecule has 106 valence electrons. The Kier molecular flexibility index (Phi) is 4.99. The second-order valence-electron chi connectivity index (χ2n) is 5.29. The number of rotatable bonds is 5. The molecule has 0 N–H and O–H groups in total. The summed E-state index contributed by atoms with van der Waals surface area (Å²) < 4.78 is 29.4. The van der Waals surface area contributed by atoms with Gasteiger partial charge >= 0.3 is 0 Å². The second-order valence-corrected chi connectivity index (χ2v) is 7.69. The molecule has 1 aliphatic heterocycles. The van der Waals surface area contributed by atoms with Crippen LogP contribution in [-0.4, -0.2) is 26.0 Å². The Hall–Kier alpha value is -0.870. The lowest BCUT2D eigenvalue weighted by Gasteiger charge is -2.28. The van der Waals surface area contributed by atoms with E-state index in [1.54, 1.807) is 0 Å². The molecule has 0 aromatic heterocycles. The van der Waals surface area contributed by atoms with Gasteiger partial charge in [-0.15, -0.1) is 0 Å². The van der Waals surface area contributed by atoms with Crippen LogP contribution in [0.3, 0.4) is 0 Å². The molecule has 0 amide bonds. The molecule has 1 aromatic rings. The van der Waals surface area contributed by atoms with E-state index in [1.165, 1.54) is 0 Å². The minimum Gasteiger partial charge on any atom is -0.376 e. The first-order chi connectivity index (χ1) is 9.12. The van der Waals surface area contributed by atoms with Crippen LogP contribution in [0.4, 0.5) is 0 Å². The van der Waals surface area contributed by atoms with Crippen molar-refractivity contribution >= 4 is 9.84 Å². The lowest BCUT2D eigenvalue weighted by Crippen LogP contribution is -2.34. The summed E-state index contributed by atoms with van der Waals surface area (Å²) in [4.78, 5) is 0. The highest BCUT2D eigenvalue weighted by molar-refractivity contribution is 7.92. The molecule has 0 saturated carbocycles. The van der Waals surface area contributed by atoms with Crippen molar-refractivity contribution in [2.45, 2.75) is 38.0 Å². The third kappa shape index (κ3) is 4.05. The van der Waals surface area contributed by atoms with Crippen LogP contribution >= 0.6 is 0 Å². The summed E-state index contributed by atoms with van der Waals surface area (Å²) in [7, 11) is -2.84. The summed E-state index contributed by atoms with van der Waals surface area (Å²) in [5.41, 5.74) is 1.16. The molecule has 1 fully saturated rings. The number of hydrogen-bond donors (Lipinski definition) is 0. The Morgan fingerprint density at radius 3 is 2.68 bits per heavy atom. The van der Waals surface area contributed by atoms with E-state index in [2.05, 4.69) is 0 Å². The predicted octanol–water partition coefficient (Wildman–Crippen LogP) is 2.81. The molecule has 1 saturated heterocycles. The fourth-order valence-corrected chi connectivity index (χ4v) is 4.69. The van der Waals surface area contributed by atoms with Crippen molar-refractivity contribution in [3.05, 3.63) is 35.9 Å². The van der Waals surface area contributed by atoms with Crippen molar-refractivity contribution < 1.29 is 13.2 Å². The Bertz CT molecular complexity index is 481. The maximum Gasteiger partial charge on any atom is 0.153 e. The molecule has 2 atom stereocenters. The van der Waals surface area contributed by atoms with Gasteiger partial charge in [0.25, 0.3) is 0 Å². The van der Waals surface area contributed by atoms with Crippen molar-refractivity contribution in [3.63, 3.8) is 0 Å².